The summed E-state index contributed by atoms with van der Waals surface area (Å²) in [7, 11) is 1.24. The number of aliphatic hydroxyl groups excluding tert-OH is 1. The van der Waals surface area contributed by atoms with Crippen LogP contribution in [-0.2, 0) is 18.4 Å². The van der Waals surface area contributed by atoms with E-state index in [9.17, 15) is 19.4 Å². The molecule has 0 heterocycles. The third kappa shape index (κ3) is 48.4. The number of phosphoric ester groups is 1. The van der Waals surface area contributed by atoms with E-state index in [1.54, 1.807) is 6.08 Å². The van der Waals surface area contributed by atoms with Crippen molar-refractivity contribution in [3.63, 3.8) is 0 Å². The van der Waals surface area contributed by atoms with E-state index in [-0.39, 0.29) is 12.5 Å². The van der Waals surface area contributed by atoms with Gasteiger partial charge in [-0.25, -0.2) is 0 Å². The van der Waals surface area contributed by atoms with Crippen LogP contribution in [0.5, 0.6) is 0 Å². The highest BCUT2D eigenvalue weighted by Crippen LogP contribution is 2.38. The molecule has 376 valence electrons. The number of allylic oxidation sites excluding steroid dienone is 7. The van der Waals surface area contributed by atoms with Gasteiger partial charge in [0.1, 0.15) is 13.2 Å². The molecule has 8 nitrogen and oxygen atoms in total. The van der Waals surface area contributed by atoms with Gasteiger partial charge in [0.25, 0.3) is 7.82 Å². The maximum atomic E-state index is 12.9. The standard InChI is InChI=1S/C55H105N2O6P/c1-6-8-10-12-14-16-18-20-22-24-26-27-28-29-31-32-34-36-38-40-42-44-46-48-54(58)53(52-63-64(60,61)62-51-50-57(3,4)5)56-55(59)49-47-45-43-41-39-37-35-33-30-25-23-21-19-17-15-13-11-9-7-2/h15,17,19,21,38,40,46,48,53-54,58H,6-14,16,18,20,22-37,39,41-45,47,49-52H2,1-5H3,(H-,56,59,60,61)/b17-15-,21-19-,40-38+,48-46+. The quantitative estimate of drug-likeness (QED) is 0.0207. The minimum atomic E-state index is -4.60. The molecule has 64 heavy (non-hydrogen) atoms. The van der Waals surface area contributed by atoms with E-state index in [0.29, 0.717) is 17.4 Å². The Morgan fingerprint density at radius 1 is 0.547 bits per heavy atom. The summed E-state index contributed by atoms with van der Waals surface area (Å²) in [6.07, 6.45) is 60.3. The van der Waals surface area contributed by atoms with E-state index in [0.717, 1.165) is 38.5 Å². The van der Waals surface area contributed by atoms with Crippen LogP contribution in [0.4, 0.5) is 0 Å². The smallest absolute Gasteiger partial charge is 0.268 e. The molecule has 2 N–H and O–H groups in total. The molecule has 0 aliphatic carbocycles. The van der Waals surface area contributed by atoms with Crippen LogP contribution < -0.4 is 10.2 Å². The van der Waals surface area contributed by atoms with Gasteiger partial charge in [-0.05, 0) is 57.8 Å². The molecule has 0 rings (SSSR count). The summed E-state index contributed by atoms with van der Waals surface area (Å²) in [6.45, 7) is 4.62. The van der Waals surface area contributed by atoms with Crippen LogP contribution in [0.3, 0.4) is 0 Å². The Morgan fingerprint density at radius 2 is 0.922 bits per heavy atom. The molecular weight excluding hydrogens is 816 g/mol. The molecule has 0 aliphatic rings. The summed E-state index contributed by atoms with van der Waals surface area (Å²) < 4.78 is 23.3. The van der Waals surface area contributed by atoms with Crippen molar-refractivity contribution in [2.24, 2.45) is 0 Å². The van der Waals surface area contributed by atoms with Crippen molar-refractivity contribution in [1.82, 2.24) is 5.32 Å². The van der Waals surface area contributed by atoms with Crippen LogP contribution in [0, 0.1) is 0 Å². The summed E-state index contributed by atoms with van der Waals surface area (Å²) in [4.78, 5) is 25.4. The van der Waals surface area contributed by atoms with Gasteiger partial charge in [-0.15, -0.1) is 0 Å². The van der Waals surface area contributed by atoms with Gasteiger partial charge in [0.05, 0.1) is 39.9 Å². The Balaban J connectivity index is 4.32. The first-order chi connectivity index (χ1) is 31.0. The molecule has 0 aromatic rings. The van der Waals surface area contributed by atoms with Crippen LogP contribution >= 0.6 is 7.82 Å². The Kier molecular flexibility index (Phi) is 45.4. The Labute approximate surface area is 397 Å². The number of nitrogens with zero attached hydrogens (tertiary/aromatic N) is 1. The maximum absolute atomic E-state index is 12.9. The lowest BCUT2D eigenvalue weighted by atomic mass is 10.0. The highest BCUT2D eigenvalue weighted by Gasteiger charge is 2.23. The minimum absolute atomic E-state index is 0.00776. The van der Waals surface area contributed by atoms with Gasteiger partial charge in [-0.1, -0.05) is 229 Å². The zero-order valence-corrected chi connectivity index (χ0v) is 43.6. The Bertz CT molecular complexity index is 1180. The molecule has 9 heteroatoms. The van der Waals surface area contributed by atoms with Crippen molar-refractivity contribution < 1.29 is 32.9 Å². The number of carbonyl (C=O) groups excluding carboxylic acids is 1. The molecular formula is C55H105N2O6P. The van der Waals surface area contributed by atoms with Crippen molar-refractivity contribution in [3.8, 4) is 0 Å². The predicted octanol–water partition coefficient (Wildman–Crippen LogP) is 15.3. The number of phosphoric acid groups is 1. The number of unbranched alkanes of at least 4 members (excludes halogenated alkanes) is 31. The highest BCUT2D eigenvalue weighted by molar-refractivity contribution is 7.45. The third-order valence-electron chi connectivity index (χ3n) is 12.0. The van der Waals surface area contributed by atoms with E-state index in [1.165, 1.54) is 186 Å². The molecule has 0 saturated heterocycles. The predicted molar refractivity (Wildman–Crippen MR) is 274 cm³/mol. The molecule has 1 amide bonds. The topological polar surface area (TPSA) is 108 Å². The summed E-state index contributed by atoms with van der Waals surface area (Å²) in [6, 6.07) is -0.906. The number of hydrogen-bond acceptors (Lipinski definition) is 6. The summed E-state index contributed by atoms with van der Waals surface area (Å²) in [5.41, 5.74) is 0. The zero-order chi connectivity index (χ0) is 47.1. The normalized spacial score (nSPS) is 14.4. The van der Waals surface area contributed by atoms with Crippen molar-refractivity contribution >= 4 is 13.7 Å². The highest BCUT2D eigenvalue weighted by atomic mass is 31.2. The third-order valence-corrected chi connectivity index (χ3v) is 13.0. The number of hydrogen-bond donors (Lipinski definition) is 2. The number of aliphatic hydroxyl groups is 1. The maximum Gasteiger partial charge on any atom is 0.268 e. The minimum Gasteiger partial charge on any atom is -0.756 e. The van der Waals surface area contributed by atoms with Crippen LogP contribution in [0.25, 0.3) is 0 Å². The monoisotopic (exact) mass is 921 g/mol. The molecule has 0 saturated carbocycles. The molecule has 0 bridgehead atoms. The van der Waals surface area contributed by atoms with E-state index < -0.39 is 26.6 Å². The second-order valence-corrected chi connectivity index (χ2v) is 21.0. The molecule has 3 atom stereocenters. The lowest BCUT2D eigenvalue weighted by Crippen LogP contribution is -2.45. The van der Waals surface area contributed by atoms with E-state index in [4.69, 9.17) is 9.05 Å². The van der Waals surface area contributed by atoms with Crippen LogP contribution in [-0.4, -0.2) is 68.5 Å². The van der Waals surface area contributed by atoms with E-state index >= 15 is 0 Å². The molecule has 0 aromatic carbocycles. The van der Waals surface area contributed by atoms with Crippen molar-refractivity contribution in [2.75, 3.05) is 40.9 Å². The van der Waals surface area contributed by atoms with Crippen LogP contribution in [0.15, 0.2) is 48.6 Å². The number of likely N-dealkylation sites (N-methyl/N-ethyl adjacent to an activating group) is 1. The SMILES string of the molecule is CCCCC/C=C\C=C/CCCCCCCCCCCCC(=O)NC(COP(=O)([O-])OCC[N+](C)(C)C)C(O)/C=C/CC/C=C/CCCCCCCCCCCCCCCCCCC. The fraction of sp³-hybridized carbons (Fsp3) is 0.836. The second-order valence-electron chi connectivity index (χ2n) is 19.6. The Hall–Kier alpha value is -1.54. The van der Waals surface area contributed by atoms with Gasteiger partial charge in [-0.3, -0.25) is 9.36 Å². The van der Waals surface area contributed by atoms with Gasteiger partial charge in [0.15, 0.2) is 0 Å². The van der Waals surface area contributed by atoms with Crippen LogP contribution in [0.1, 0.15) is 245 Å². The average molecular weight is 921 g/mol. The number of carbonyl (C=O) groups is 1. The first-order valence-electron chi connectivity index (χ1n) is 27.0. The van der Waals surface area contributed by atoms with Crippen molar-refractivity contribution in [2.45, 2.75) is 257 Å². The van der Waals surface area contributed by atoms with E-state index in [2.05, 4.69) is 55.6 Å². The first kappa shape index (κ1) is 62.5. The summed E-state index contributed by atoms with van der Waals surface area (Å²) in [5, 5.41) is 13.8. The van der Waals surface area contributed by atoms with Crippen LogP contribution in [0.2, 0.25) is 0 Å². The Morgan fingerprint density at radius 3 is 1.39 bits per heavy atom. The number of rotatable bonds is 49. The lowest BCUT2D eigenvalue weighted by molar-refractivity contribution is -0.870. The molecule has 0 radical (unpaired) electrons. The largest absolute Gasteiger partial charge is 0.756 e. The molecule has 0 aliphatic heterocycles. The summed E-state index contributed by atoms with van der Waals surface area (Å²) >= 11 is 0. The zero-order valence-electron chi connectivity index (χ0n) is 42.7. The van der Waals surface area contributed by atoms with Gasteiger partial charge in [0, 0.05) is 6.42 Å². The first-order valence-corrected chi connectivity index (χ1v) is 28.5. The molecule has 0 aromatic heterocycles. The van der Waals surface area contributed by atoms with Gasteiger partial charge in [-0.2, -0.15) is 0 Å². The van der Waals surface area contributed by atoms with Crippen molar-refractivity contribution in [3.05, 3.63) is 48.6 Å². The average Bonchev–Trinajstić information content (AvgIpc) is 3.25. The van der Waals surface area contributed by atoms with Crippen molar-refractivity contribution in [1.29, 1.82) is 0 Å². The molecule has 0 fully saturated rings. The molecule has 0 spiro atoms. The lowest BCUT2D eigenvalue weighted by Gasteiger charge is -2.29. The number of quaternary nitrogens is 1. The van der Waals surface area contributed by atoms with Gasteiger partial charge >= 0.3 is 0 Å². The fourth-order valence-corrected chi connectivity index (χ4v) is 8.47. The second kappa shape index (κ2) is 46.6. The molecule has 3 unspecified atom stereocenters. The van der Waals surface area contributed by atoms with E-state index in [1.807, 2.05) is 27.2 Å². The summed E-state index contributed by atoms with van der Waals surface area (Å²) in [5.74, 6) is -0.210. The number of amides is 1. The van der Waals surface area contributed by atoms with Gasteiger partial charge < -0.3 is 28.8 Å². The van der Waals surface area contributed by atoms with Gasteiger partial charge in [0.2, 0.25) is 5.91 Å². The number of nitrogens with one attached hydrogen (secondary N) is 1. The fourth-order valence-electron chi connectivity index (χ4n) is 7.75.